The summed E-state index contributed by atoms with van der Waals surface area (Å²) in [4.78, 5) is 9.78. The standard InChI is InChI=1S/C20H21N3O2/c21-13-16-3-1-4-18-19(9-10-22-20(16)18)25-17-7-5-15(6-8-17)14-23-11-2-12-24-23/h1-4,9-10,12,15,17H,5-8,11,14H2. The normalized spacial score (nSPS) is 23.3. The number of hydrogen-bond acceptors (Lipinski definition) is 5. The number of nitrogens with zero attached hydrogens (tertiary/aromatic N) is 3. The van der Waals surface area contributed by atoms with Crippen LogP contribution in [0.5, 0.6) is 5.75 Å². The van der Waals surface area contributed by atoms with Crippen molar-refractivity contribution in [2.75, 3.05) is 13.1 Å². The number of rotatable bonds is 4. The summed E-state index contributed by atoms with van der Waals surface area (Å²) in [6, 6.07) is 9.75. The molecule has 0 radical (unpaired) electrons. The van der Waals surface area contributed by atoms with E-state index < -0.39 is 0 Å². The lowest BCUT2D eigenvalue weighted by Crippen LogP contribution is -2.31. The summed E-state index contributed by atoms with van der Waals surface area (Å²) < 4.78 is 6.28. The Bertz CT molecular complexity index is 811. The third-order valence-electron chi connectivity index (χ3n) is 5.02. The number of benzene rings is 1. The molecule has 0 amide bonds. The monoisotopic (exact) mass is 335 g/mol. The summed E-state index contributed by atoms with van der Waals surface area (Å²) in [7, 11) is 0. The highest BCUT2D eigenvalue weighted by atomic mass is 16.7. The average molecular weight is 335 g/mol. The van der Waals surface area contributed by atoms with Gasteiger partial charge in [-0.05, 0) is 55.9 Å². The van der Waals surface area contributed by atoms with E-state index in [0.29, 0.717) is 11.5 Å². The maximum absolute atomic E-state index is 9.24. The quantitative estimate of drug-likeness (QED) is 0.850. The molecule has 1 aliphatic carbocycles. The molecule has 2 aliphatic rings. The number of hydroxylamine groups is 2. The van der Waals surface area contributed by atoms with Gasteiger partial charge in [0.15, 0.2) is 0 Å². The van der Waals surface area contributed by atoms with Crippen molar-refractivity contribution in [3.63, 3.8) is 0 Å². The van der Waals surface area contributed by atoms with Crippen molar-refractivity contribution in [1.29, 1.82) is 5.26 Å². The lowest BCUT2D eigenvalue weighted by atomic mass is 9.87. The fourth-order valence-electron chi connectivity index (χ4n) is 3.69. The summed E-state index contributed by atoms with van der Waals surface area (Å²) in [5, 5.41) is 12.2. The highest BCUT2D eigenvalue weighted by Gasteiger charge is 2.25. The van der Waals surface area contributed by atoms with Crippen LogP contribution in [-0.4, -0.2) is 29.2 Å². The fourth-order valence-corrected chi connectivity index (χ4v) is 3.69. The highest BCUT2D eigenvalue weighted by molar-refractivity contribution is 5.89. The lowest BCUT2D eigenvalue weighted by molar-refractivity contribution is -0.0905. The smallest absolute Gasteiger partial charge is 0.130 e. The maximum atomic E-state index is 9.24. The van der Waals surface area contributed by atoms with Crippen LogP contribution < -0.4 is 4.74 Å². The summed E-state index contributed by atoms with van der Waals surface area (Å²) >= 11 is 0. The SMILES string of the molecule is N#Cc1cccc2c(OC3CCC(CN4CC=CO4)CC3)ccnc12. The van der Waals surface area contributed by atoms with E-state index in [4.69, 9.17) is 9.57 Å². The summed E-state index contributed by atoms with van der Waals surface area (Å²) in [5.41, 5.74) is 1.31. The van der Waals surface area contributed by atoms with E-state index in [0.717, 1.165) is 55.4 Å². The number of fused-ring (bicyclic) bond motifs is 1. The summed E-state index contributed by atoms with van der Waals surface area (Å²) in [6.45, 7) is 1.88. The van der Waals surface area contributed by atoms with Crippen LogP contribution in [-0.2, 0) is 4.84 Å². The van der Waals surface area contributed by atoms with Gasteiger partial charge in [-0.2, -0.15) is 5.26 Å². The van der Waals surface area contributed by atoms with E-state index >= 15 is 0 Å². The number of nitriles is 1. The Hall–Kier alpha value is -2.58. The van der Waals surface area contributed by atoms with Gasteiger partial charge in [0.05, 0.1) is 23.7 Å². The van der Waals surface area contributed by atoms with Crippen LogP contribution in [0.25, 0.3) is 10.9 Å². The molecule has 1 fully saturated rings. The third kappa shape index (κ3) is 3.45. The van der Waals surface area contributed by atoms with Crippen LogP contribution >= 0.6 is 0 Å². The van der Waals surface area contributed by atoms with Crippen LogP contribution in [0.2, 0.25) is 0 Å². The molecule has 1 aliphatic heterocycles. The van der Waals surface area contributed by atoms with Crippen molar-refractivity contribution in [3.05, 3.63) is 48.4 Å². The van der Waals surface area contributed by atoms with E-state index in [1.54, 1.807) is 18.5 Å². The number of ether oxygens (including phenoxy) is 1. The Balaban J connectivity index is 1.40. The van der Waals surface area contributed by atoms with Crippen LogP contribution in [0.1, 0.15) is 31.2 Å². The van der Waals surface area contributed by atoms with Gasteiger partial charge in [-0.3, -0.25) is 4.98 Å². The Kier molecular flexibility index (Phi) is 4.53. The van der Waals surface area contributed by atoms with Crippen molar-refractivity contribution < 1.29 is 9.57 Å². The molecule has 0 bridgehead atoms. The van der Waals surface area contributed by atoms with Gasteiger partial charge < -0.3 is 9.57 Å². The van der Waals surface area contributed by atoms with Gasteiger partial charge in [0.2, 0.25) is 0 Å². The second kappa shape index (κ2) is 7.12. The second-order valence-corrected chi connectivity index (χ2v) is 6.71. The first-order chi connectivity index (χ1) is 12.3. The van der Waals surface area contributed by atoms with Gasteiger partial charge in [-0.1, -0.05) is 6.07 Å². The van der Waals surface area contributed by atoms with Gasteiger partial charge in [-0.15, -0.1) is 5.06 Å². The number of pyridine rings is 1. The Morgan fingerprint density at radius 1 is 1.24 bits per heavy atom. The first kappa shape index (κ1) is 15.9. The molecule has 5 nitrogen and oxygen atoms in total. The maximum Gasteiger partial charge on any atom is 0.130 e. The van der Waals surface area contributed by atoms with Crippen molar-refractivity contribution in [2.45, 2.75) is 31.8 Å². The highest BCUT2D eigenvalue weighted by Crippen LogP contribution is 2.32. The lowest BCUT2D eigenvalue weighted by Gasteiger charge is -2.31. The minimum absolute atomic E-state index is 0.227. The minimum atomic E-state index is 0.227. The molecule has 1 aromatic heterocycles. The molecule has 4 rings (SSSR count). The number of hydrogen-bond donors (Lipinski definition) is 0. The molecule has 1 saturated carbocycles. The van der Waals surface area contributed by atoms with Gasteiger partial charge in [0.25, 0.3) is 0 Å². The predicted molar refractivity (Wildman–Crippen MR) is 94.6 cm³/mol. The number of aromatic nitrogens is 1. The molecule has 2 heterocycles. The van der Waals surface area contributed by atoms with E-state index in [2.05, 4.69) is 11.1 Å². The molecule has 128 valence electrons. The van der Waals surface area contributed by atoms with Crippen LogP contribution in [0, 0.1) is 17.2 Å². The fraction of sp³-hybridized carbons (Fsp3) is 0.400. The molecule has 0 N–H and O–H groups in total. The van der Waals surface area contributed by atoms with E-state index in [1.165, 1.54) is 0 Å². The molecule has 0 saturated heterocycles. The molecule has 0 spiro atoms. The average Bonchev–Trinajstić information content (AvgIpc) is 3.16. The predicted octanol–water partition coefficient (Wildman–Crippen LogP) is 3.80. The topological polar surface area (TPSA) is 58.4 Å². The Labute approximate surface area is 147 Å². The van der Waals surface area contributed by atoms with Crippen LogP contribution in [0.4, 0.5) is 0 Å². The van der Waals surface area contributed by atoms with Gasteiger partial charge in [0.1, 0.15) is 18.1 Å². The van der Waals surface area contributed by atoms with Crippen molar-refractivity contribution >= 4 is 10.9 Å². The van der Waals surface area contributed by atoms with Gasteiger partial charge in [0, 0.05) is 18.1 Å². The zero-order valence-corrected chi connectivity index (χ0v) is 14.1. The Morgan fingerprint density at radius 3 is 2.88 bits per heavy atom. The van der Waals surface area contributed by atoms with E-state index in [1.807, 2.05) is 29.3 Å². The largest absolute Gasteiger partial charge is 0.490 e. The summed E-state index contributed by atoms with van der Waals surface area (Å²) in [6.07, 6.45) is 10.2. The van der Waals surface area contributed by atoms with Crippen molar-refractivity contribution in [2.24, 2.45) is 5.92 Å². The zero-order chi connectivity index (χ0) is 17.1. The summed E-state index contributed by atoms with van der Waals surface area (Å²) in [5.74, 6) is 1.50. The molecule has 1 aromatic carbocycles. The molecule has 0 atom stereocenters. The molecular weight excluding hydrogens is 314 g/mol. The first-order valence-electron chi connectivity index (χ1n) is 8.84. The van der Waals surface area contributed by atoms with E-state index in [9.17, 15) is 5.26 Å². The van der Waals surface area contributed by atoms with E-state index in [-0.39, 0.29) is 6.10 Å². The molecule has 0 unspecified atom stereocenters. The van der Waals surface area contributed by atoms with Crippen LogP contribution in [0.3, 0.4) is 0 Å². The molecule has 2 aromatic rings. The number of para-hydroxylation sites is 1. The van der Waals surface area contributed by atoms with Crippen molar-refractivity contribution in [1.82, 2.24) is 10.0 Å². The second-order valence-electron chi connectivity index (χ2n) is 6.71. The minimum Gasteiger partial charge on any atom is -0.490 e. The van der Waals surface area contributed by atoms with Gasteiger partial charge >= 0.3 is 0 Å². The molecular formula is C20H21N3O2. The van der Waals surface area contributed by atoms with Gasteiger partial charge in [-0.25, -0.2) is 0 Å². The van der Waals surface area contributed by atoms with Crippen molar-refractivity contribution in [3.8, 4) is 11.8 Å². The third-order valence-corrected chi connectivity index (χ3v) is 5.02. The molecule has 5 heteroatoms. The Morgan fingerprint density at radius 2 is 2.12 bits per heavy atom. The first-order valence-corrected chi connectivity index (χ1v) is 8.84. The zero-order valence-electron chi connectivity index (χ0n) is 14.1. The molecule has 25 heavy (non-hydrogen) atoms. The van der Waals surface area contributed by atoms with Crippen LogP contribution in [0.15, 0.2) is 42.8 Å².